The predicted molar refractivity (Wildman–Crippen MR) is 136 cm³/mol. The Labute approximate surface area is 213 Å². The van der Waals surface area contributed by atoms with E-state index in [4.69, 9.17) is 23.2 Å². The summed E-state index contributed by atoms with van der Waals surface area (Å²) in [6, 6.07) is 5.82. The number of halogens is 2. The van der Waals surface area contributed by atoms with Crippen LogP contribution in [-0.2, 0) is 16.1 Å². The Morgan fingerprint density at radius 1 is 1.09 bits per heavy atom. The minimum absolute atomic E-state index is 0.0716. The number of carbonyl (C=O) groups is 2. The highest BCUT2D eigenvalue weighted by molar-refractivity contribution is 6.42. The van der Waals surface area contributed by atoms with Crippen LogP contribution in [0.5, 0.6) is 0 Å². The highest BCUT2D eigenvalue weighted by Gasteiger charge is 2.60. The molecule has 3 saturated carbocycles. The summed E-state index contributed by atoms with van der Waals surface area (Å²) in [5, 5.41) is 4.15. The molecule has 4 nitrogen and oxygen atoms in total. The van der Waals surface area contributed by atoms with Crippen LogP contribution in [0.4, 0.5) is 0 Å². The van der Waals surface area contributed by atoms with Crippen molar-refractivity contribution in [1.29, 1.82) is 0 Å². The number of hydrogen-bond donors (Lipinski definition) is 1. The Balaban J connectivity index is 1.25. The summed E-state index contributed by atoms with van der Waals surface area (Å²) in [4.78, 5) is 27.2. The summed E-state index contributed by atoms with van der Waals surface area (Å²) < 4.78 is 0. The van der Waals surface area contributed by atoms with Crippen LogP contribution < -0.4 is 5.32 Å². The van der Waals surface area contributed by atoms with Crippen molar-refractivity contribution < 1.29 is 9.59 Å². The van der Waals surface area contributed by atoms with Crippen LogP contribution in [0, 0.1) is 34.5 Å². The fourth-order valence-electron chi connectivity index (χ4n) is 8.33. The molecular formula is C28H36Cl2N2O2. The van der Waals surface area contributed by atoms with Crippen LogP contribution in [-0.4, -0.2) is 29.8 Å². The van der Waals surface area contributed by atoms with Gasteiger partial charge in [0.1, 0.15) is 0 Å². The zero-order valence-electron chi connectivity index (χ0n) is 20.4. The molecule has 3 fully saturated rings. The van der Waals surface area contributed by atoms with Crippen LogP contribution in [0.15, 0.2) is 30.4 Å². The van der Waals surface area contributed by atoms with Crippen molar-refractivity contribution >= 4 is 35.0 Å². The normalized spacial score (nSPS) is 38.8. The molecule has 1 aromatic rings. The number of likely N-dealkylation sites (N-methyl/N-ethyl adjacent to an activating group) is 1. The lowest BCUT2D eigenvalue weighted by atomic mass is 9.47. The third kappa shape index (κ3) is 3.89. The zero-order valence-corrected chi connectivity index (χ0v) is 22.0. The minimum atomic E-state index is 0.0716. The number of benzene rings is 1. The molecule has 1 aliphatic heterocycles. The molecule has 2 amide bonds. The van der Waals surface area contributed by atoms with E-state index in [0.717, 1.165) is 18.4 Å². The van der Waals surface area contributed by atoms with Crippen molar-refractivity contribution in [3.63, 3.8) is 0 Å². The lowest BCUT2D eigenvalue weighted by molar-refractivity contribution is -0.139. The molecule has 0 bridgehead atoms. The van der Waals surface area contributed by atoms with E-state index in [2.05, 4.69) is 25.2 Å². The summed E-state index contributed by atoms with van der Waals surface area (Å²) in [5.41, 5.74) is 1.26. The second kappa shape index (κ2) is 8.85. The van der Waals surface area contributed by atoms with Gasteiger partial charge in [0.15, 0.2) is 0 Å². The average Bonchev–Trinajstić information content (AvgIpc) is 3.13. The van der Waals surface area contributed by atoms with Crippen molar-refractivity contribution in [2.45, 2.75) is 71.4 Å². The van der Waals surface area contributed by atoms with Crippen molar-refractivity contribution in [2.24, 2.45) is 34.5 Å². The van der Waals surface area contributed by atoms with Crippen molar-refractivity contribution in [2.75, 3.05) is 7.05 Å². The highest BCUT2D eigenvalue weighted by atomic mass is 35.5. The number of amides is 2. The number of rotatable bonds is 4. The molecule has 0 aromatic heterocycles. The molecule has 34 heavy (non-hydrogen) atoms. The predicted octanol–water partition coefficient (Wildman–Crippen LogP) is 6.26. The topological polar surface area (TPSA) is 49.4 Å². The van der Waals surface area contributed by atoms with E-state index in [0.29, 0.717) is 52.7 Å². The second-order valence-corrected chi connectivity index (χ2v) is 12.5. The number of nitrogens with zero attached hydrogens (tertiary/aromatic N) is 1. The standard InChI is InChI=1S/C28H36Cl2N2O2/c1-27-12-10-21-19(6-9-24-28(21,2)13-11-26(34)32(24)3)20(27)7-5-18(27)15-25(33)31-16-17-4-8-22(29)23(30)14-17/h4,8,11,13-14,18-21,24H,5-7,9-10,12,15-16H2,1-3H3,(H,31,33)/t18-,19?,20?,21?,24?,27-,28-/m1/s1. The molecule has 0 spiro atoms. The molecule has 6 heteroatoms. The van der Waals surface area contributed by atoms with Gasteiger partial charge in [-0.25, -0.2) is 0 Å². The van der Waals surface area contributed by atoms with Gasteiger partial charge in [0.25, 0.3) is 0 Å². The molecule has 1 heterocycles. The molecule has 0 saturated heterocycles. The summed E-state index contributed by atoms with van der Waals surface area (Å²) in [6.07, 6.45) is 11.7. The van der Waals surface area contributed by atoms with Gasteiger partial charge in [-0.1, -0.05) is 49.2 Å². The van der Waals surface area contributed by atoms with Crippen LogP contribution in [0.2, 0.25) is 10.0 Å². The molecule has 1 aromatic carbocycles. The van der Waals surface area contributed by atoms with E-state index in [9.17, 15) is 9.59 Å². The van der Waals surface area contributed by atoms with Gasteiger partial charge < -0.3 is 10.2 Å². The Bertz CT molecular complexity index is 1030. The first kappa shape index (κ1) is 24.2. The van der Waals surface area contributed by atoms with E-state index < -0.39 is 0 Å². The van der Waals surface area contributed by atoms with Crippen molar-refractivity contribution in [3.05, 3.63) is 46.0 Å². The van der Waals surface area contributed by atoms with Crippen LogP contribution in [0.1, 0.15) is 64.4 Å². The van der Waals surface area contributed by atoms with Gasteiger partial charge in [-0.15, -0.1) is 0 Å². The van der Waals surface area contributed by atoms with Crippen molar-refractivity contribution in [3.8, 4) is 0 Å². The maximum absolute atomic E-state index is 12.9. The smallest absolute Gasteiger partial charge is 0.246 e. The maximum Gasteiger partial charge on any atom is 0.246 e. The largest absolute Gasteiger partial charge is 0.352 e. The first-order valence-electron chi connectivity index (χ1n) is 12.8. The average molecular weight is 504 g/mol. The van der Waals surface area contributed by atoms with Gasteiger partial charge in [-0.3, -0.25) is 9.59 Å². The molecule has 5 rings (SSSR count). The van der Waals surface area contributed by atoms with E-state index in [1.54, 1.807) is 6.07 Å². The lowest BCUT2D eigenvalue weighted by Gasteiger charge is -2.60. The number of fused-ring (bicyclic) bond motifs is 5. The third-order valence-corrected chi connectivity index (χ3v) is 11.0. The Morgan fingerprint density at radius 3 is 2.65 bits per heavy atom. The molecule has 184 valence electrons. The molecule has 1 N–H and O–H groups in total. The monoisotopic (exact) mass is 502 g/mol. The maximum atomic E-state index is 12.9. The fraction of sp³-hybridized carbons (Fsp3) is 0.643. The van der Waals surface area contributed by atoms with E-state index in [1.807, 2.05) is 30.2 Å². The van der Waals surface area contributed by atoms with Crippen LogP contribution in [0.25, 0.3) is 0 Å². The Morgan fingerprint density at radius 2 is 1.88 bits per heavy atom. The lowest BCUT2D eigenvalue weighted by Crippen LogP contribution is -2.59. The fourth-order valence-corrected chi connectivity index (χ4v) is 8.65. The van der Waals surface area contributed by atoms with E-state index >= 15 is 0 Å². The summed E-state index contributed by atoms with van der Waals surface area (Å²) in [5.74, 6) is 2.70. The summed E-state index contributed by atoms with van der Waals surface area (Å²) in [7, 11) is 1.98. The minimum Gasteiger partial charge on any atom is -0.352 e. The summed E-state index contributed by atoms with van der Waals surface area (Å²) in [6.45, 7) is 5.32. The quantitative estimate of drug-likeness (QED) is 0.528. The van der Waals surface area contributed by atoms with E-state index in [1.165, 1.54) is 25.7 Å². The van der Waals surface area contributed by atoms with Gasteiger partial charge in [0.05, 0.1) is 10.0 Å². The second-order valence-electron chi connectivity index (χ2n) is 11.7. The Hall–Kier alpha value is -1.52. The molecule has 0 radical (unpaired) electrons. The van der Waals surface area contributed by atoms with Gasteiger partial charge in [0.2, 0.25) is 11.8 Å². The van der Waals surface area contributed by atoms with Crippen LogP contribution in [0.3, 0.4) is 0 Å². The number of carbonyl (C=O) groups excluding carboxylic acids is 2. The molecule has 4 aliphatic rings. The Kier molecular flexibility index (Phi) is 6.30. The van der Waals surface area contributed by atoms with Gasteiger partial charge in [-0.05, 0) is 91.4 Å². The van der Waals surface area contributed by atoms with Gasteiger partial charge in [0, 0.05) is 31.5 Å². The highest BCUT2D eigenvalue weighted by Crippen LogP contribution is 2.65. The summed E-state index contributed by atoms with van der Waals surface area (Å²) >= 11 is 12.1. The zero-order chi connectivity index (χ0) is 24.3. The van der Waals surface area contributed by atoms with Gasteiger partial charge >= 0.3 is 0 Å². The SMILES string of the molecule is CN1C(=O)C=C[C@]2(C)C3CC[C@@]4(C)C(CC[C@@H]4CC(=O)NCc4ccc(Cl)c(Cl)c4)C3CCC12. The van der Waals surface area contributed by atoms with Crippen LogP contribution >= 0.6 is 23.2 Å². The number of nitrogens with one attached hydrogen (secondary N) is 1. The molecule has 3 aliphatic carbocycles. The first-order valence-corrected chi connectivity index (χ1v) is 13.6. The van der Waals surface area contributed by atoms with Gasteiger partial charge in [-0.2, -0.15) is 0 Å². The third-order valence-electron chi connectivity index (χ3n) is 10.2. The van der Waals surface area contributed by atoms with E-state index in [-0.39, 0.29) is 22.6 Å². The molecular weight excluding hydrogens is 467 g/mol. The molecule has 7 atom stereocenters. The van der Waals surface area contributed by atoms with Crippen molar-refractivity contribution in [1.82, 2.24) is 10.2 Å². The number of hydrogen-bond acceptors (Lipinski definition) is 2. The first-order chi connectivity index (χ1) is 16.1. The molecule has 4 unspecified atom stereocenters.